The van der Waals surface area contributed by atoms with Crippen molar-refractivity contribution < 1.29 is 9.47 Å². The number of ether oxygens (including phenoxy) is 2. The number of hydrogen-bond donors (Lipinski definition) is 1. The molecule has 2 unspecified atom stereocenters. The van der Waals surface area contributed by atoms with Crippen LogP contribution < -0.4 is 15.0 Å². The summed E-state index contributed by atoms with van der Waals surface area (Å²) in [6.07, 6.45) is 1.09. The molecule has 1 aromatic rings. The van der Waals surface area contributed by atoms with Crippen LogP contribution in [0.2, 0.25) is 0 Å². The second kappa shape index (κ2) is 8.90. The number of hydrogen-bond acceptors (Lipinski definition) is 4. The minimum atomic E-state index is 0.227. The molecule has 0 aliphatic carbocycles. The van der Waals surface area contributed by atoms with Gasteiger partial charge >= 0.3 is 0 Å². The fraction of sp³-hybridized carbons (Fsp3) is 0.647. The summed E-state index contributed by atoms with van der Waals surface area (Å²) in [4.78, 5) is 2.41. The number of anilines is 1. The maximum absolute atomic E-state index is 5.58. The van der Waals surface area contributed by atoms with E-state index in [2.05, 4.69) is 43.1 Å². The molecule has 0 saturated heterocycles. The van der Waals surface area contributed by atoms with E-state index in [-0.39, 0.29) is 6.04 Å². The number of nitrogens with one attached hydrogen (secondary N) is 1. The van der Waals surface area contributed by atoms with Crippen LogP contribution in [0.1, 0.15) is 38.8 Å². The Morgan fingerprint density at radius 1 is 1.24 bits per heavy atom. The van der Waals surface area contributed by atoms with Crippen LogP contribution in [0.25, 0.3) is 0 Å². The first-order valence-corrected chi connectivity index (χ1v) is 7.70. The lowest BCUT2D eigenvalue weighted by Crippen LogP contribution is -2.36. The van der Waals surface area contributed by atoms with Gasteiger partial charge in [-0.15, -0.1) is 0 Å². The van der Waals surface area contributed by atoms with Crippen molar-refractivity contribution in [2.75, 3.05) is 39.3 Å². The molecule has 21 heavy (non-hydrogen) atoms. The van der Waals surface area contributed by atoms with Crippen LogP contribution in [0.3, 0.4) is 0 Å². The van der Waals surface area contributed by atoms with Gasteiger partial charge in [0.05, 0.1) is 13.7 Å². The number of nitrogens with zero attached hydrogens (tertiary/aromatic N) is 1. The number of methoxy groups -OCH3 is 2. The van der Waals surface area contributed by atoms with E-state index in [0.717, 1.165) is 25.3 Å². The summed E-state index contributed by atoms with van der Waals surface area (Å²) in [5, 5.41) is 3.33. The van der Waals surface area contributed by atoms with Crippen LogP contribution in [0, 0.1) is 0 Å². The maximum atomic E-state index is 5.58. The molecular formula is C17H30N2O2. The lowest BCUT2D eigenvalue weighted by atomic mass is 10.0. The van der Waals surface area contributed by atoms with Gasteiger partial charge in [-0.05, 0) is 39.4 Å². The molecule has 0 aromatic heterocycles. The third-order valence-electron chi connectivity index (χ3n) is 4.10. The van der Waals surface area contributed by atoms with E-state index in [1.807, 2.05) is 13.1 Å². The van der Waals surface area contributed by atoms with Crippen molar-refractivity contribution >= 4 is 5.69 Å². The average Bonchev–Trinajstić information content (AvgIpc) is 2.53. The number of rotatable bonds is 9. The van der Waals surface area contributed by atoms with Crippen LogP contribution in [0.5, 0.6) is 5.75 Å². The van der Waals surface area contributed by atoms with Gasteiger partial charge in [-0.3, -0.25) is 0 Å². The zero-order valence-electron chi connectivity index (χ0n) is 14.3. The van der Waals surface area contributed by atoms with Crippen LogP contribution in [-0.2, 0) is 4.74 Å². The zero-order chi connectivity index (χ0) is 15.8. The Kier molecular flexibility index (Phi) is 7.54. The maximum Gasteiger partial charge on any atom is 0.125 e. The Balaban J connectivity index is 3.28. The Morgan fingerprint density at radius 2 is 1.95 bits per heavy atom. The van der Waals surface area contributed by atoms with Crippen LogP contribution >= 0.6 is 0 Å². The van der Waals surface area contributed by atoms with E-state index >= 15 is 0 Å². The molecule has 0 radical (unpaired) electrons. The van der Waals surface area contributed by atoms with Crippen molar-refractivity contribution in [2.24, 2.45) is 0 Å². The smallest absolute Gasteiger partial charge is 0.125 e. The normalized spacial score (nSPS) is 13.8. The summed E-state index contributed by atoms with van der Waals surface area (Å²) in [5.41, 5.74) is 2.43. The largest absolute Gasteiger partial charge is 0.496 e. The molecular weight excluding hydrogens is 264 g/mol. The quantitative estimate of drug-likeness (QED) is 0.758. The van der Waals surface area contributed by atoms with E-state index in [1.54, 1.807) is 14.2 Å². The summed E-state index contributed by atoms with van der Waals surface area (Å²) in [6, 6.07) is 6.94. The molecule has 0 saturated carbocycles. The van der Waals surface area contributed by atoms with E-state index < -0.39 is 0 Å². The third kappa shape index (κ3) is 4.35. The summed E-state index contributed by atoms with van der Waals surface area (Å²) >= 11 is 0. The second-order valence-electron chi connectivity index (χ2n) is 5.35. The van der Waals surface area contributed by atoms with Gasteiger partial charge in [0.1, 0.15) is 5.75 Å². The fourth-order valence-electron chi connectivity index (χ4n) is 2.53. The summed E-state index contributed by atoms with van der Waals surface area (Å²) in [7, 11) is 5.45. The van der Waals surface area contributed by atoms with Crippen molar-refractivity contribution in [1.29, 1.82) is 0 Å². The molecule has 0 heterocycles. The van der Waals surface area contributed by atoms with Gasteiger partial charge in [0.25, 0.3) is 0 Å². The predicted molar refractivity (Wildman–Crippen MR) is 89.4 cm³/mol. The monoisotopic (exact) mass is 294 g/mol. The highest BCUT2D eigenvalue weighted by Gasteiger charge is 2.21. The molecule has 1 aromatic carbocycles. The van der Waals surface area contributed by atoms with E-state index in [4.69, 9.17) is 9.47 Å². The first-order valence-electron chi connectivity index (χ1n) is 7.70. The first kappa shape index (κ1) is 17.8. The van der Waals surface area contributed by atoms with Gasteiger partial charge in [-0.1, -0.05) is 13.0 Å². The highest BCUT2D eigenvalue weighted by atomic mass is 16.5. The summed E-state index contributed by atoms with van der Waals surface area (Å²) < 4.78 is 10.9. The topological polar surface area (TPSA) is 33.7 Å². The molecule has 0 fully saturated rings. The van der Waals surface area contributed by atoms with Crippen LogP contribution in [-0.4, -0.2) is 40.5 Å². The molecule has 1 rings (SSSR count). The molecule has 0 amide bonds. The lowest BCUT2D eigenvalue weighted by Gasteiger charge is -2.34. The zero-order valence-corrected chi connectivity index (χ0v) is 14.3. The van der Waals surface area contributed by atoms with Gasteiger partial charge < -0.3 is 19.7 Å². The molecule has 2 atom stereocenters. The second-order valence-corrected chi connectivity index (χ2v) is 5.35. The van der Waals surface area contributed by atoms with Gasteiger partial charge in [0.15, 0.2) is 0 Å². The fourth-order valence-corrected chi connectivity index (χ4v) is 2.53. The molecule has 0 spiro atoms. The molecule has 4 nitrogen and oxygen atoms in total. The van der Waals surface area contributed by atoms with Crippen molar-refractivity contribution in [1.82, 2.24) is 5.32 Å². The van der Waals surface area contributed by atoms with E-state index in [0.29, 0.717) is 6.04 Å². The number of benzene rings is 1. The Hall–Kier alpha value is -1.26. The summed E-state index contributed by atoms with van der Waals surface area (Å²) in [6.45, 7) is 8.22. The highest BCUT2D eigenvalue weighted by Crippen LogP contribution is 2.35. The molecule has 120 valence electrons. The average molecular weight is 294 g/mol. The Morgan fingerprint density at radius 3 is 2.48 bits per heavy atom. The SMILES string of the molecule is CCC(C)N(CCOC)c1cccc(OC)c1C(C)NC. The third-order valence-corrected chi connectivity index (χ3v) is 4.10. The molecule has 0 bridgehead atoms. The van der Waals surface area contributed by atoms with Crippen molar-refractivity contribution in [3.63, 3.8) is 0 Å². The highest BCUT2D eigenvalue weighted by molar-refractivity contribution is 5.61. The molecule has 4 heteroatoms. The van der Waals surface area contributed by atoms with Gasteiger partial charge in [0, 0.05) is 37.0 Å². The van der Waals surface area contributed by atoms with Crippen molar-refractivity contribution in [3.05, 3.63) is 23.8 Å². The van der Waals surface area contributed by atoms with Crippen molar-refractivity contribution in [3.8, 4) is 5.75 Å². The Bertz CT molecular complexity index is 423. The van der Waals surface area contributed by atoms with Crippen LogP contribution in [0.15, 0.2) is 18.2 Å². The van der Waals surface area contributed by atoms with Gasteiger partial charge in [-0.25, -0.2) is 0 Å². The summed E-state index contributed by atoms with van der Waals surface area (Å²) in [5.74, 6) is 0.931. The van der Waals surface area contributed by atoms with Gasteiger partial charge in [0.2, 0.25) is 0 Å². The van der Waals surface area contributed by atoms with E-state index in [1.165, 1.54) is 11.3 Å². The van der Waals surface area contributed by atoms with Gasteiger partial charge in [-0.2, -0.15) is 0 Å². The molecule has 0 aliphatic rings. The lowest BCUT2D eigenvalue weighted by molar-refractivity contribution is 0.203. The van der Waals surface area contributed by atoms with E-state index in [9.17, 15) is 0 Å². The Labute approximate surface area is 129 Å². The molecule has 1 N–H and O–H groups in total. The minimum absolute atomic E-state index is 0.227. The van der Waals surface area contributed by atoms with Crippen molar-refractivity contribution in [2.45, 2.75) is 39.3 Å². The van der Waals surface area contributed by atoms with Crippen LogP contribution in [0.4, 0.5) is 5.69 Å². The standard InChI is InChI=1S/C17H30N2O2/c1-7-13(2)19(11-12-20-5)15-9-8-10-16(21-6)17(15)14(3)18-4/h8-10,13-14,18H,7,11-12H2,1-6H3. The first-order chi connectivity index (χ1) is 10.1. The predicted octanol–water partition coefficient (Wildman–Crippen LogP) is 3.23. The molecule has 0 aliphatic heterocycles. The minimum Gasteiger partial charge on any atom is -0.496 e.